The van der Waals surface area contributed by atoms with Crippen molar-refractivity contribution in [1.82, 2.24) is 0 Å². The van der Waals surface area contributed by atoms with Crippen LogP contribution in [-0.4, -0.2) is 18.0 Å². The van der Waals surface area contributed by atoms with Crippen molar-refractivity contribution in [3.8, 4) is 0 Å². The van der Waals surface area contributed by atoms with Gasteiger partial charge in [-0.1, -0.05) is 36.6 Å². The molecule has 0 heterocycles. The van der Waals surface area contributed by atoms with Gasteiger partial charge >= 0.3 is 11.9 Å². The molecule has 1 aliphatic carbocycles. The number of carbonyl (C=O) groups is 2. The number of rotatable bonds is 5. The van der Waals surface area contributed by atoms with Crippen LogP contribution in [0.3, 0.4) is 0 Å². The Balaban J connectivity index is 2.79. The molecular formula is C19H28O4. The maximum absolute atomic E-state index is 11.2. The molecule has 0 N–H and O–H groups in total. The van der Waals surface area contributed by atoms with Gasteiger partial charge < -0.3 is 9.47 Å². The molecule has 0 amide bonds. The van der Waals surface area contributed by atoms with Crippen molar-refractivity contribution in [1.29, 1.82) is 0 Å². The Labute approximate surface area is 139 Å². The molecule has 0 spiro atoms. The molecule has 4 nitrogen and oxygen atoms in total. The highest BCUT2D eigenvalue weighted by Crippen LogP contribution is 2.43. The fourth-order valence-corrected chi connectivity index (χ4v) is 3.14. The van der Waals surface area contributed by atoms with Gasteiger partial charge in [-0.3, -0.25) is 9.59 Å². The van der Waals surface area contributed by atoms with Crippen LogP contribution in [0.2, 0.25) is 0 Å². The molecule has 0 saturated heterocycles. The predicted octanol–water partition coefficient (Wildman–Crippen LogP) is 4.47. The molecule has 1 rings (SSSR count). The second kappa shape index (κ2) is 8.14. The lowest BCUT2D eigenvalue weighted by Gasteiger charge is -2.38. The van der Waals surface area contributed by atoms with E-state index in [1.165, 1.54) is 31.3 Å². The lowest BCUT2D eigenvalue weighted by atomic mass is 9.70. The van der Waals surface area contributed by atoms with Gasteiger partial charge in [-0.2, -0.15) is 0 Å². The van der Waals surface area contributed by atoms with Crippen molar-refractivity contribution < 1.29 is 19.1 Å². The van der Waals surface area contributed by atoms with Crippen LogP contribution >= 0.6 is 0 Å². The van der Waals surface area contributed by atoms with Crippen LogP contribution in [0.4, 0.5) is 0 Å². The molecule has 23 heavy (non-hydrogen) atoms. The van der Waals surface area contributed by atoms with E-state index in [9.17, 15) is 9.59 Å². The maximum atomic E-state index is 11.2. The van der Waals surface area contributed by atoms with Crippen molar-refractivity contribution in [2.45, 2.75) is 66.9 Å². The Hall–Kier alpha value is -1.84. The fraction of sp³-hybridized carbons (Fsp3) is 0.579. The zero-order valence-corrected chi connectivity index (χ0v) is 15.1. The molecule has 0 aromatic carbocycles. The highest BCUT2D eigenvalue weighted by molar-refractivity contribution is 5.66. The summed E-state index contributed by atoms with van der Waals surface area (Å²) in [7, 11) is 0. The van der Waals surface area contributed by atoms with E-state index in [1.807, 2.05) is 6.92 Å². The van der Waals surface area contributed by atoms with Gasteiger partial charge in [0.1, 0.15) is 6.10 Å². The lowest BCUT2D eigenvalue weighted by molar-refractivity contribution is -0.147. The Morgan fingerprint density at radius 1 is 1.22 bits per heavy atom. The smallest absolute Gasteiger partial charge is 0.307 e. The van der Waals surface area contributed by atoms with Crippen molar-refractivity contribution >= 4 is 11.9 Å². The van der Waals surface area contributed by atoms with Crippen molar-refractivity contribution in [2.24, 2.45) is 5.41 Å². The average Bonchev–Trinajstić information content (AvgIpc) is 2.35. The third kappa shape index (κ3) is 6.43. The van der Waals surface area contributed by atoms with Crippen LogP contribution in [0.15, 0.2) is 35.1 Å². The summed E-state index contributed by atoms with van der Waals surface area (Å²) in [5.74, 6) is -0.536. The first-order valence-corrected chi connectivity index (χ1v) is 7.98. The molecule has 1 atom stereocenters. The summed E-state index contributed by atoms with van der Waals surface area (Å²) in [6, 6.07) is 0. The van der Waals surface area contributed by atoms with Crippen molar-refractivity contribution in [3.63, 3.8) is 0 Å². The molecule has 0 unspecified atom stereocenters. The second-order valence-electron chi connectivity index (χ2n) is 6.85. The van der Waals surface area contributed by atoms with Crippen LogP contribution in [0.5, 0.6) is 0 Å². The Morgan fingerprint density at radius 3 is 2.39 bits per heavy atom. The number of hydrogen-bond donors (Lipinski definition) is 0. The molecule has 0 saturated carbocycles. The summed E-state index contributed by atoms with van der Waals surface area (Å²) in [6.07, 6.45) is 7.80. The molecule has 0 aromatic heterocycles. The number of allylic oxidation sites excluding steroid dienone is 4. The Morgan fingerprint density at radius 2 is 1.87 bits per heavy atom. The lowest BCUT2D eigenvalue weighted by Crippen LogP contribution is -2.31. The minimum Gasteiger partial charge on any atom is -0.462 e. The summed E-state index contributed by atoms with van der Waals surface area (Å²) in [5, 5.41) is 0. The monoisotopic (exact) mass is 320 g/mol. The fourth-order valence-electron chi connectivity index (χ4n) is 3.14. The third-order valence-corrected chi connectivity index (χ3v) is 4.13. The molecule has 0 bridgehead atoms. The van der Waals surface area contributed by atoms with Crippen molar-refractivity contribution in [2.75, 3.05) is 0 Å². The first-order valence-electron chi connectivity index (χ1n) is 7.98. The van der Waals surface area contributed by atoms with Crippen LogP contribution in [0.25, 0.3) is 0 Å². The minimum absolute atomic E-state index is 0.00116. The second-order valence-corrected chi connectivity index (χ2v) is 6.85. The van der Waals surface area contributed by atoms with Crippen molar-refractivity contribution in [3.05, 3.63) is 35.1 Å². The predicted molar refractivity (Wildman–Crippen MR) is 90.5 cm³/mol. The summed E-state index contributed by atoms with van der Waals surface area (Å²) in [5.41, 5.74) is 3.73. The molecule has 0 aromatic rings. The van der Waals surface area contributed by atoms with E-state index in [-0.39, 0.29) is 23.5 Å². The topological polar surface area (TPSA) is 52.6 Å². The number of ether oxygens (including phenoxy) is 2. The van der Waals surface area contributed by atoms with Gasteiger partial charge in [0.15, 0.2) is 0 Å². The highest BCUT2D eigenvalue weighted by atomic mass is 16.5. The van der Waals surface area contributed by atoms with Crippen LogP contribution in [0, 0.1) is 5.41 Å². The van der Waals surface area contributed by atoms with Crippen LogP contribution in [0.1, 0.15) is 60.8 Å². The van der Waals surface area contributed by atoms with Crippen LogP contribution in [-0.2, 0) is 19.1 Å². The molecule has 0 fully saturated rings. The number of carbonyl (C=O) groups excluding carboxylic acids is 2. The van der Waals surface area contributed by atoms with Gasteiger partial charge in [0.05, 0.1) is 6.26 Å². The SMILES string of the molecule is CC(=O)O/C=C/C(C)=C/CC1=C(C)C[C@@H](OC(C)=O)CC1(C)C. The molecule has 0 aliphatic heterocycles. The largest absolute Gasteiger partial charge is 0.462 e. The molecule has 1 aliphatic rings. The normalized spacial score (nSPS) is 21.5. The summed E-state index contributed by atoms with van der Waals surface area (Å²) in [4.78, 5) is 21.9. The molecular weight excluding hydrogens is 292 g/mol. The van der Waals surface area contributed by atoms with Gasteiger partial charge in [0, 0.05) is 20.3 Å². The van der Waals surface area contributed by atoms with E-state index < -0.39 is 0 Å². The van der Waals surface area contributed by atoms with E-state index in [0.717, 1.165) is 24.8 Å². The highest BCUT2D eigenvalue weighted by Gasteiger charge is 2.34. The number of hydrogen-bond acceptors (Lipinski definition) is 4. The zero-order chi connectivity index (χ0) is 17.6. The first kappa shape index (κ1) is 19.2. The average molecular weight is 320 g/mol. The summed E-state index contributed by atoms with van der Waals surface area (Å²) >= 11 is 0. The number of esters is 2. The molecule has 128 valence electrons. The van der Waals surface area contributed by atoms with E-state index in [0.29, 0.717) is 0 Å². The van der Waals surface area contributed by atoms with Gasteiger partial charge in [-0.15, -0.1) is 0 Å². The first-order chi connectivity index (χ1) is 10.6. The molecule has 4 heteroatoms. The van der Waals surface area contributed by atoms with Gasteiger partial charge in [-0.25, -0.2) is 0 Å². The van der Waals surface area contributed by atoms with E-state index in [1.54, 1.807) is 6.08 Å². The summed E-state index contributed by atoms with van der Waals surface area (Å²) < 4.78 is 10.2. The summed E-state index contributed by atoms with van der Waals surface area (Å²) in [6.45, 7) is 11.3. The Bertz CT molecular complexity index is 550. The maximum Gasteiger partial charge on any atom is 0.307 e. The van der Waals surface area contributed by atoms with E-state index >= 15 is 0 Å². The standard InChI is InChI=1S/C19H28O4/c1-13(9-10-22-15(3)20)7-8-18-14(2)11-17(23-16(4)21)12-19(18,5)6/h7,9-10,17H,8,11-12H2,1-6H3/b10-9+,13-7+/t17-/m1/s1. The van der Waals surface area contributed by atoms with Crippen LogP contribution < -0.4 is 0 Å². The third-order valence-electron chi connectivity index (χ3n) is 4.13. The van der Waals surface area contributed by atoms with Gasteiger partial charge in [0.2, 0.25) is 0 Å². The van der Waals surface area contributed by atoms with E-state index in [4.69, 9.17) is 9.47 Å². The van der Waals surface area contributed by atoms with E-state index in [2.05, 4.69) is 26.8 Å². The zero-order valence-electron chi connectivity index (χ0n) is 15.1. The van der Waals surface area contributed by atoms with Gasteiger partial charge in [-0.05, 0) is 38.2 Å². The minimum atomic E-state index is -0.322. The van der Waals surface area contributed by atoms with Gasteiger partial charge in [0.25, 0.3) is 0 Å². The molecule has 0 radical (unpaired) electrons. The Kier molecular flexibility index (Phi) is 6.79. The quantitative estimate of drug-likeness (QED) is 0.325.